The van der Waals surface area contributed by atoms with Gasteiger partial charge in [-0.15, -0.1) is 0 Å². The second-order valence-electron chi connectivity index (χ2n) is 8.50. The molecule has 3 aromatic rings. The van der Waals surface area contributed by atoms with Crippen molar-refractivity contribution in [1.29, 1.82) is 0 Å². The molecule has 0 radical (unpaired) electrons. The highest BCUT2D eigenvalue weighted by molar-refractivity contribution is 6.54. The van der Waals surface area contributed by atoms with Crippen LogP contribution in [0.15, 0.2) is 88.8 Å². The molecule has 1 amide bonds. The van der Waals surface area contributed by atoms with Crippen LogP contribution in [0.1, 0.15) is 34.3 Å². The molecule has 5 rings (SSSR count). The molecular weight excluding hydrogens is 426 g/mol. The number of benzene rings is 3. The fraction of sp³-hybridized carbons (Fsp3) is 0.250. The maximum Gasteiger partial charge on any atom is 0.253 e. The zero-order chi connectivity index (χ0) is 23.5. The third-order valence-corrected chi connectivity index (χ3v) is 6.44. The minimum absolute atomic E-state index is 0.0201. The number of carbonyl (C=O) groups is 1. The molecule has 0 saturated carbocycles. The Bertz CT molecular complexity index is 1190. The fourth-order valence-corrected chi connectivity index (χ4v) is 4.59. The molecule has 2 aliphatic heterocycles. The molecule has 0 aliphatic carbocycles. The molecule has 0 bridgehead atoms. The van der Waals surface area contributed by atoms with Gasteiger partial charge >= 0.3 is 0 Å². The number of carbonyl (C=O) groups excluding carboxylic acids is 1. The van der Waals surface area contributed by atoms with E-state index in [2.05, 4.69) is 24.3 Å². The lowest BCUT2D eigenvalue weighted by Gasteiger charge is -2.35. The first-order valence-corrected chi connectivity index (χ1v) is 11.4. The Morgan fingerprint density at radius 2 is 1.29 bits per heavy atom. The van der Waals surface area contributed by atoms with Crippen LogP contribution in [0, 0.1) is 0 Å². The van der Waals surface area contributed by atoms with Gasteiger partial charge < -0.3 is 14.4 Å². The largest absolute Gasteiger partial charge is 0.493 e. The molecule has 172 valence electrons. The van der Waals surface area contributed by atoms with Crippen LogP contribution in [-0.2, 0) is 0 Å². The Balaban J connectivity index is 1.40. The lowest BCUT2D eigenvalue weighted by molar-refractivity contribution is 0.0678. The Morgan fingerprint density at radius 1 is 0.765 bits per heavy atom. The quantitative estimate of drug-likeness (QED) is 0.566. The second-order valence-corrected chi connectivity index (χ2v) is 8.50. The third kappa shape index (κ3) is 4.07. The van der Waals surface area contributed by atoms with E-state index in [1.807, 2.05) is 41.3 Å². The van der Waals surface area contributed by atoms with Crippen molar-refractivity contribution in [2.75, 3.05) is 27.3 Å². The van der Waals surface area contributed by atoms with Crippen LogP contribution in [0.2, 0.25) is 0 Å². The van der Waals surface area contributed by atoms with E-state index in [1.165, 1.54) is 0 Å². The average Bonchev–Trinajstić information content (AvgIpc) is 3.28. The minimum Gasteiger partial charge on any atom is -0.493 e. The van der Waals surface area contributed by atoms with E-state index >= 15 is 0 Å². The number of likely N-dealkylation sites (tertiary alicyclic amines) is 1. The number of amides is 1. The molecule has 2 heterocycles. The highest BCUT2D eigenvalue weighted by Gasteiger charge is 2.41. The van der Waals surface area contributed by atoms with E-state index in [0.717, 1.165) is 22.6 Å². The SMILES string of the molecule is COc1ccc(C(=O)N2CCC3(CC2)N=C(c2ccccc2)C(c2ccccc2)=N3)cc1OC. The van der Waals surface area contributed by atoms with Crippen LogP contribution in [0.5, 0.6) is 11.5 Å². The summed E-state index contributed by atoms with van der Waals surface area (Å²) in [6, 6.07) is 25.7. The lowest BCUT2D eigenvalue weighted by Crippen LogP contribution is -2.44. The van der Waals surface area contributed by atoms with E-state index in [-0.39, 0.29) is 5.91 Å². The fourth-order valence-electron chi connectivity index (χ4n) is 4.59. The summed E-state index contributed by atoms with van der Waals surface area (Å²) in [5, 5.41) is 0. The van der Waals surface area contributed by atoms with Gasteiger partial charge in [-0.1, -0.05) is 60.7 Å². The lowest BCUT2D eigenvalue weighted by atomic mass is 9.97. The molecule has 34 heavy (non-hydrogen) atoms. The van der Waals surface area contributed by atoms with Crippen LogP contribution in [-0.4, -0.2) is 55.2 Å². The van der Waals surface area contributed by atoms with Crippen molar-refractivity contribution in [3.63, 3.8) is 0 Å². The normalized spacial score (nSPS) is 16.7. The maximum atomic E-state index is 13.2. The Morgan fingerprint density at radius 3 is 1.79 bits per heavy atom. The summed E-state index contributed by atoms with van der Waals surface area (Å²) < 4.78 is 10.7. The van der Waals surface area contributed by atoms with E-state index in [9.17, 15) is 4.79 Å². The van der Waals surface area contributed by atoms with Crippen molar-refractivity contribution in [2.45, 2.75) is 18.5 Å². The molecule has 0 N–H and O–H groups in total. The smallest absolute Gasteiger partial charge is 0.253 e. The number of nitrogens with zero attached hydrogens (tertiary/aromatic N) is 3. The molecule has 1 spiro atoms. The van der Waals surface area contributed by atoms with Crippen molar-refractivity contribution in [1.82, 2.24) is 4.90 Å². The zero-order valence-electron chi connectivity index (χ0n) is 19.4. The molecular formula is C28H27N3O3. The first-order valence-electron chi connectivity index (χ1n) is 11.4. The summed E-state index contributed by atoms with van der Waals surface area (Å²) in [6.45, 7) is 1.18. The van der Waals surface area contributed by atoms with Crippen LogP contribution >= 0.6 is 0 Å². The van der Waals surface area contributed by atoms with E-state index in [4.69, 9.17) is 19.5 Å². The predicted molar refractivity (Wildman–Crippen MR) is 133 cm³/mol. The summed E-state index contributed by atoms with van der Waals surface area (Å²) in [6.07, 6.45) is 1.36. The van der Waals surface area contributed by atoms with Gasteiger partial charge in [0.05, 0.1) is 25.6 Å². The van der Waals surface area contributed by atoms with Crippen molar-refractivity contribution in [3.8, 4) is 11.5 Å². The Hall–Kier alpha value is -3.93. The highest BCUT2D eigenvalue weighted by atomic mass is 16.5. The topological polar surface area (TPSA) is 63.5 Å². The molecule has 1 saturated heterocycles. The zero-order valence-corrected chi connectivity index (χ0v) is 19.4. The maximum absolute atomic E-state index is 13.2. The van der Waals surface area contributed by atoms with Gasteiger partial charge in [-0.3, -0.25) is 14.8 Å². The van der Waals surface area contributed by atoms with Gasteiger partial charge in [0.25, 0.3) is 5.91 Å². The summed E-state index contributed by atoms with van der Waals surface area (Å²) in [5.41, 5.74) is 4.02. The average molecular weight is 454 g/mol. The number of hydrogen-bond donors (Lipinski definition) is 0. The molecule has 0 atom stereocenters. The van der Waals surface area contributed by atoms with Crippen LogP contribution in [0.4, 0.5) is 0 Å². The van der Waals surface area contributed by atoms with E-state index < -0.39 is 5.66 Å². The highest BCUT2D eigenvalue weighted by Crippen LogP contribution is 2.35. The van der Waals surface area contributed by atoms with Crippen molar-refractivity contribution in [3.05, 3.63) is 95.6 Å². The van der Waals surface area contributed by atoms with Gasteiger partial charge in [-0.25, -0.2) is 0 Å². The van der Waals surface area contributed by atoms with Crippen molar-refractivity contribution in [2.24, 2.45) is 9.98 Å². The number of methoxy groups -OCH3 is 2. The van der Waals surface area contributed by atoms with Crippen LogP contribution in [0.25, 0.3) is 0 Å². The summed E-state index contributed by atoms with van der Waals surface area (Å²) >= 11 is 0. The number of hydrogen-bond acceptors (Lipinski definition) is 5. The summed E-state index contributed by atoms with van der Waals surface area (Å²) in [7, 11) is 3.15. The summed E-state index contributed by atoms with van der Waals surface area (Å²) in [4.78, 5) is 25.4. The van der Waals surface area contributed by atoms with E-state index in [0.29, 0.717) is 43.0 Å². The first-order chi connectivity index (χ1) is 16.6. The molecule has 2 aliphatic rings. The van der Waals surface area contributed by atoms with Gasteiger partial charge in [0, 0.05) is 42.6 Å². The Labute approximate surface area is 199 Å². The standard InChI is InChI=1S/C28H27N3O3/c1-33-23-14-13-22(19-24(23)34-2)27(32)31-17-15-28(16-18-31)29-25(20-9-5-3-6-10-20)26(30-28)21-11-7-4-8-12-21/h3-14,19H,15-18H2,1-2H3. The number of piperidine rings is 1. The minimum atomic E-state index is -0.537. The van der Waals surface area contributed by atoms with Gasteiger partial charge in [-0.2, -0.15) is 0 Å². The Kier molecular flexibility index (Phi) is 5.88. The molecule has 6 heteroatoms. The molecule has 3 aromatic carbocycles. The predicted octanol–water partition coefficient (Wildman–Crippen LogP) is 4.63. The molecule has 6 nitrogen and oxygen atoms in total. The van der Waals surface area contributed by atoms with Gasteiger partial charge in [0.1, 0.15) is 0 Å². The van der Waals surface area contributed by atoms with E-state index in [1.54, 1.807) is 32.4 Å². The molecule has 1 fully saturated rings. The van der Waals surface area contributed by atoms with Gasteiger partial charge in [0.2, 0.25) is 0 Å². The van der Waals surface area contributed by atoms with Crippen LogP contribution < -0.4 is 9.47 Å². The number of aliphatic imine (C=N–C) groups is 2. The van der Waals surface area contributed by atoms with Crippen molar-refractivity contribution < 1.29 is 14.3 Å². The number of rotatable bonds is 5. The number of ether oxygens (including phenoxy) is 2. The molecule has 0 unspecified atom stereocenters. The van der Waals surface area contributed by atoms with Crippen molar-refractivity contribution >= 4 is 17.3 Å². The second kappa shape index (κ2) is 9.14. The van der Waals surface area contributed by atoms with Crippen LogP contribution in [0.3, 0.4) is 0 Å². The monoisotopic (exact) mass is 453 g/mol. The summed E-state index contributed by atoms with van der Waals surface area (Å²) in [5.74, 6) is 1.13. The third-order valence-electron chi connectivity index (χ3n) is 6.44. The van der Waals surface area contributed by atoms with Gasteiger partial charge in [0.15, 0.2) is 17.2 Å². The van der Waals surface area contributed by atoms with Gasteiger partial charge in [-0.05, 0) is 18.2 Å². The molecule has 0 aromatic heterocycles. The first kappa shape index (κ1) is 21.9.